The molecule has 3 rings (SSSR count). The minimum absolute atomic E-state index is 0.218. The van der Waals surface area contributed by atoms with Crippen molar-refractivity contribution in [3.8, 4) is 0 Å². The maximum atomic E-state index is 11.6. The third-order valence-corrected chi connectivity index (χ3v) is 3.25. The predicted octanol–water partition coefficient (Wildman–Crippen LogP) is 0.802. The molecule has 1 saturated heterocycles. The number of methoxy groups -OCH3 is 2. The summed E-state index contributed by atoms with van der Waals surface area (Å²) < 4.78 is 9.46. The lowest BCUT2D eigenvalue weighted by atomic mass is 9.78. The van der Waals surface area contributed by atoms with Crippen LogP contribution >= 0.6 is 0 Å². The van der Waals surface area contributed by atoms with Gasteiger partial charge >= 0.3 is 12.1 Å². The third kappa shape index (κ3) is 1.66. The first-order chi connectivity index (χ1) is 7.67. The maximum Gasteiger partial charge on any atom is 0.410 e. The Balaban J connectivity index is 2.19. The number of amides is 1. The molecule has 5 nitrogen and oxygen atoms in total. The molecule has 1 amide bonds. The lowest BCUT2D eigenvalue weighted by Crippen LogP contribution is -2.55. The Morgan fingerprint density at radius 1 is 1.25 bits per heavy atom. The molecule has 0 unspecified atom stereocenters. The van der Waals surface area contributed by atoms with Gasteiger partial charge in [-0.25, -0.2) is 4.79 Å². The molecule has 2 aliphatic heterocycles. The Morgan fingerprint density at radius 3 is 2.56 bits per heavy atom. The molecule has 0 saturated carbocycles. The molecule has 0 N–H and O–H groups in total. The number of piperidine rings is 1. The summed E-state index contributed by atoms with van der Waals surface area (Å²) in [6.45, 7) is 0.626. The fourth-order valence-corrected chi connectivity index (χ4v) is 2.48. The topological polar surface area (TPSA) is 55.8 Å². The van der Waals surface area contributed by atoms with Gasteiger partial charge < -0.3 is 14.4 Å². The van der Waals surface area contributed by atoms with E-state index in [2.05, 4.69) is 6.08 Å². The number of hydrogen-bond acceptors (Lipinski definition) is 4. The SMILES string of the molecule is COC(=O)[C@H]1C[C@H]2C=C[C@H]1N(C(=O)OC)C2. The van der Waals surface area contributed by atoms with Gasteiger partial charge in [-0.15, -0.1) is 0 Å². The van der Waals surface area contributed by atoms with Crippen molar-refractivity contribution in [1.82, 2.24) is 4.90 Å². The minimum atomic E-state index is -0.382. The van der Waals surface area contributed by atoms with Crippen LogP contribution in [0.15, 0.2) is 12.2 Å². The molecule has 3 aliphatic rings. The average Bonchev–Trinajstić information content (AvgIpc) is 2.37. The number of nitrogens with zero attached hydrogens (tertiary/aromatic N) is 1. The van der Waals surface area contributed by atoms with Gasteiger partial charge in [0.2, 0.25) is 0 Å². The minimum Gasteiger partial charge on any atom is -0.469 e. The van der Waals surface area contributed by atoms with E-state index in [0.29, 0.717) is 6.54 Å². The maximum absolute atomic E-state index is 11.6. The summed E-state index contributed by atoms with van der Waals surface area (Å²) in [7, 11) is 2.72. The van der Waals surface area contributed by atoms with Gasteiger partial charge in [0.15, 0.2) is 0 Å². The number of carbonyl (C=O) groups is 2. The van der Waals surface area contributed by atoms with Gasteiger partial charge in [0.05, 0.1) is 26.2 Å². The number of rotatable bonds is 1. The second kappa shape index (κ2) is 4.15. The van der Waals surface area contributed by atoms with Crippen LogP contribution in [0.2, 0.25) is 0 Å². The molecule has 0 aromatic rings. The molecule has 16 heavy (non-hydrogen) atoms. The van der Waals surface area contributed by atoms with Gasteiger partial charge in [0.25, 0.3) is 0 Å². The summed E-state index contributed by atoms with van der Waals surface area (Å²) in [5.41, 5.74) is 0. The number of hydrogen-bond donors (Lipinski definition) is 0. The lowest BCUT2D eigenvalue weighted by Gasteiger charge is -2.44. The third-order valence-electron chi connectivity index (χ3n) is 3.25. The fourth-order valence-electron chi connectivity index (χ4n) is 2.48. The Bertz CT molecular complexity index is 313. The summed E-state index contributed by atoms with van der Waals surface area (Å²) in [6.07, 6.45) is 4.33. The number of fused-ring (bicyclic) bond motifs is 2. The summed E-state index contributed by atoms with van der Waals surface area (Å²) in [5, 5.41) is 0. The molecule has 0 aromatic heterocycles. The molecule has 0 radical (unpaired) electrons. The van der Waals surface area contributed by atoms with Crippen molar-refractivity contribution in [3.63, 3.8) is 0 Å². The fraction of sp³-hybridized carbons (Fsp3) is 0.636. The molecule has 5 heteroatoms. The lowest BCUT2D eigenvalue weighted by molar-refractivity contribution is -0.149. The van der Waals surface area contributed by atoms with Crippen molar-refractivity contribution in [3.05, 3.63) is 12.2 Å². The van der Waals surface area contributed by atoms with E-state index < -0.39 is 0 Å². The summed E-state index contributed by atoms with van der Waals surface area (Å²) >= 11 is 0. The summed E-state index contributed by atoms with van der Waals surface area (Å²) in [5.74, 6) is -0.283. The second-order valence-corrected chi connectivity index (χ2v) is 4.12. The number of esters is 1. The van der Waals surface area contributed by atoms with Gasteiger partial charge in [0, 0.05) is 6.54 Å². The van der Waals surface area contributed by atoms with E-state index in [-0.39, 0.29) is 29.9 Å². The molecular formula is C11H15NO4. The van der Waals surface area contributed by atoms with Crippen LogP contribution in [0, 0.1) is 11.8 Å². The first kappa shape index (κ1) is 11.0. The largest absolute Gasteiger partial charge is 0.469 e. The highest BCUT2D eigenvalue weighted by Crippen LogP contribution is 2.35. The molecule has 2 bridgehead atoms. The van der Waals surface area contributed by atoms with Crippen LogP contribution in [0.1, 0.15) is 6.42 Å². The molecular weight excluding hydrogens is 210 g/mol. The van der Waals surface area contributed by atoms with Gasteiger partial charge in [-0.2, -0.15) is 0 Å². The van der Waals surface area contributed by atoms with Gasteiger partial charge in [-0.1, -0.05) is 12.2 Å². The monoisotopic (exact) mass is 225 g/mol. The Hall–Kier alpha value is -1.52. The highest BCUT2D eigenvalue weighted by Gasteiger charge is 2.44. The van der Waals surface area contributed by atoms with Crippen LogP contribution in [-0.4, -0.2) is 43.8 Å². The van der Waals surface area contributed by atoms with E-state index in [4.69, 9.17) is 9.47 Å². The van der Waals surface area contributed by atoms with Crippen molar-refractivity contribution in [1.29, 1.82) is 0 Å². The van der Waals surface area contributed by atoms with Crippen molar-refractivity contribution in [2.24, 2.45) is 11.8 Å². The van der Waals surface area contributed by atoms with E-state index in [1.54, 1.807) is 4.90 Å². The van der Waals surface area contributed by atoms with Gasteiger partial charge in [0.1, 0.15) is 0 Å². The van der Waals surface area contributed by atoms with Crippen LogP contribution in [-0.2, 0) is 14.3 Å². The Kier molecular flexibility index (Phi) is 2.85. The molecule has 2 heterocycles. The number of ether oxygens (including phenoxy) is 2. The van der Waals surface area contributed by atoms with Crippen LogP contribution in [0.4, 0.5) is 4.79 Å². The Labute approximate surface area is 94.0 Å². The highest BCUT2D eigenvalue weighted by atomic mass is 16.5. The van der Waals surface area contributed by atoms with E-state index >= 15 is 0 Å². The number of carbonyl (C=O) groups excluding carboxylic acids is 2. The smallest absolute Gasteiger partial charge is 0.410 e. The summed E-state index contributed by atoms with van der Waals surface area (Å²) in [4.78, 5) is 24.7. The zero-order chi connectivity index (χ0) is 11.7. The normalized spacial score (nSPS) is 31.4. The molecule has 3 atom stereocenters. The highest BCUT2D eigenvalue weighted by molar-refractivity contribution is 5.77. The van der Waals surface area contributed by atoms with E-state index in [1.807, 2.05) is 6.08 Å². The van der Waals surface area contributed by atoms with E-state index in [0.717, 1.165) is 6.42 Å². The van der Waals surface area contributed by atoms with Crippen LogP contribution in [0.25, 0.3) is 0 Å². The van der Waals surface area contributed by atoms with Crippen molar-refractivity contribution in [2.75, 3.05) is 20.8 Å². The first-order valence-corrected chi connectivity index (χ1v) is 5.28. The molecule has 0 spiro atoms. The average molecular weight is 225 g/mol. The zero-order valence-corrected chi connectivity index (χ0v) is 9.38. The summed E-state index contributed by atoms with van der Waals surface area (Å²) in [6, 6.07) is -0.218. The molecule has 88 valence electrons. The van der Waals surface area contributed by atoms with Gasteiger partial charge in [-0.05, 0) is 12.3 Å². The molecule has 0 aromatic carbocycles. The van der Waals surface area contributed by atoms with Crippen molar-refractivity contribution < 1.29 is 19.1 Å². The van der Waals surface area contributed by atoms with Crippen LogP contribution in [0.3, 0.4) is 0 Å². The van der Waals surface area contributed by atoms with Crippen LogP contribution in [0.5, 0.6) is 0 Å². The molecule has 1 fully saturated rings. The van der Waals surface area contributed by atoms with E-state index in [1.165, 1.54) is 14.2 Å². The first-order valence-electron chi connectivity index (χ1n) is 5.28. The standard InChI is InChI=1S/C11H15NO4/c1-15-10(13)8-5-7-3-4-9(8)12(6-7)11(14)16-2/h3-4,7-9H,5-6H2,1-2H3/t7-,8+,9-/m1/s1. The second-order valence-electron chi connectivity index (χ2n) is 4.12. The van der Waals surface area contributed by atoms with Crippen molar-refractivity contribution in [2.45, 2.75) is 12.5 Å². The molecule has 1 aliphatic carbocycles. The van der Waals surface area contributed by atoms with Gasteiger partial charge in [-0.3, -0.25) is 4.79 Å². The van der Waals surface area contributed by atoms with Crippen molar-refractivity contribution >= 4 is 12.1 Å². The zero-order valence-electron chi connectivity index (χ0n) is 9.38. The van der Waals surface area contributed by atoms with E-state index in [9.17, 15) is 9.59 Å². The Morgan fingerprint density at radius 2 is 2.00 bits per heavy atom. The van der Waals surface area contributed by atoms with Crippen LogP contribution < -0.4 is 0 Å². The quantitative estimate of drug-likeness (QED) is 0.489. The predicted molar refractivity (Wildman–Crippen MR) is 55.7 cm³/mol.